The molecule has 0 aromatic carbocycles. The van der Waals surface area contributed by atoms with Gasteiger partial charge in [0.05, 0.1) is 5.69 Å². The fourth-order valence-corrected chi connectivity index (χ4v) is 3.28. The molecule has 0 unspecified atom stereocenters. The lowest BCUT2D eigenvalue weighted by Crippen LogP contribution is -2.33. The first-order valence-corrected chi connectivity index (χ1v) is 8.41. The first-order valence-electron chi connectivity index (χ1n) is 7.46. The van der Waals surface area contributed by atoms with Gasteiger partial charge in [-0.1, -0.05) is 6.92 Å². The predicted molar refractivity (Wildman–Crippen MR) is 86.3 cm³/mol. The maximum Gasteiger partial charge on any atom is 0.271 e. The number of carbonyl (C=O) groups excluding carboxylic acids is 1. The summed E-state index contributed by atoms with van der Waals surface area (Å²) in [7, 11) is 0. The van der Waals surface area contributed by atoms with E-state index in [2.05, 4.69) is 23.8 Å². The Morgan fingerprint density at radius 3 is 2.95 bits per heavy atom. The summed E-state index contributed by atoms with van der Waals surface area (Å²) >= 11 is 1.67. The smallest absolute Gasteiger partial charge is 0.271 e. The maximum atomic E-state index is 12.9. The van der Waals surface area contributed by atoms with Crippen LogP contribution in [0.15, 0.2) is 29.1 Å². The fraction of sp³-hybridized carbons (Fsp3) is 0.438. The van der Waals surface area contributed by atoms with E-state index < -0.39 is 0 Å². The van der Waals surface area contributed by atoms with E-state index in [1.54, 1.807) is 17.4 Å². The summed E-state index contributed by atoms with van der Waals surface area (Å²) in [5, 5.41) is 4.17. The van der Waals surface area contributed by atoms with Crippen LogP contribution < -0.4 is 5.73 Å². The Balaban J connectivity index is 1.84. The molecule has 21 heavy (non-hydrogen) atoms. The van der Waals surface area contributed by atoms with E-state index >= 15 is 0 Å². The number of aromatic nitrogens is 1. The number of aryl methyl sites for hydroxylation is 1. The molecule has 112 valence electrons. The van der Waals surface area contributed by atoms with Crippen LogP contribution in [0.5, 0.6) is 0 Å². The van der Waals surface area contributed by atoms with Gasteiger partial charge in [0, 0.05) is 25.3 Å². The van der Waals surface area contributed by atoms with E-state index in [9.17, 15) is 4.79 Å². The van der Waals surface area contributed by atoms with Crippen LogP contribution in [0.3, 0.4) is 0 Å². The van der Waals surface area contributed by atoms with Crippen molar-refractivity contribution in [3.8, 4) is 0 Å². The van der Waals surface area contributed by atoms with Gasteiger partial charge in [-0.25, -0.2) is 0 Å². The SMILES string of the molecule is CCCn1cc(N)cc1C(=O)N(Cc1ccsc1)C1CC1. The number of nitrogen functional groups attached to an aromatic ring is 1. The van der Waals surface area contributed by atoms with Crippen molar-refractivity contribution < 1.29 is 4.79 Å². The van der Waals surface area contributed by atoms with Crippen molar-refractivity contribution in [2.45, 2.75) is 45.3 Å². The van der Waals surface area contributed by atoms with Gasteiger partial charge in [-0.05, 0) is 47.7 Å². The summed E-state index contributed by atoms with van der Waals surface area (Å²) in [5.41, 5.74) is 8.48. The molecule has 4 nitrogen and oxygen atoms in total. The molecule has 0 spiro atoms. The Hall–Kier alpha value is -1.75. The van der Waals surface area contributed by atoms with Crippen molar-refractivity contribution in [3.63, 3.8) is 0 Å². The molecular weight excluding hydrogens is 282 g/mol. The van der Waals surface area contributed by atoms with Gasteiger partial charge in [0.2, 0.25) is 0 Å². The molecule has 0 aliphatic heterocycles. The van der Waals surface area contributed by atoms with Gasteiger partial charge in [0.15, 0.2) is 0 Å². The lowest BCUT2D eigenvalue weighted by atomic mass is 10.2. The molecule has 0 radical (unpaired) electrons. The Bertz CT molecular complexity index is 614. The monoisotopic (exact) mass is 303 g/mol. The van der Waals surface area contributed by atoms with Gasteiger partial charge in [-0.3, -0.25) is 4.79 Å². The molecule has 3 rings (SSSR count). The zero-order valence-corrected chi connectivity index (χ0v) is 13.1. The van der Waals surface area contributed by atoms with E-state index in [1.165, 1.54) is 5.56 Å². The van der Waals surface area contributed by atoms with Crippen molar-refractivity contribution in [1.29, 1.82) is 0 Å². The van der Waals surface area contributed by atoms with E-state index in [1.807, 2.05) is 15.7 Å². The Labute approximate surface area is 129 Å². The summed E-state index contributed by atoms with van der Waals surface area (Å²) in [6, 6.07) is 4.29. The van der Waals surface area contributed by atoms with Crippen LogP contribution in [0.4, 0.5) is 5.69 Å². The van der Waals surface area contributed by atoms with Crippen LogP contribution in [-0.4, -0.2) is 21.4 Å². The number of hydrogen-bond acceptors (Lipinski definition) is 3. The Morgan fingerprint density at radius 2 is 2.33 bits per heavy atom. The lowest BCUT2D eigenvalue weighted by molar-refractivity contribution is 0.0719. The zero-order valence-electron chi connectivity index (χ0n) is 12.3. The normalized spacial score (nSPS) is 14.3. The number of hydrogen-bond donors (Lipinski definition) is 1. The van der Waals surface area contributed by atoms with Crippen LogP contribution >= 0.6 is 11.3 Å². The van der Waals surface area contributed by atoms with E-state index in [0.717, 1.165) is 31.5 Å². The fourth-order valence-electron chi connectivity index (χ4n) is 2.62. The second kappa shape index (κ2) is 5.93. The summed E-state index contributed by atoms with van der Waals surface area (Å²) in [4.78, 5) is 14.9. The number of nitrogens with zero attached hydrogens (tertiary/aromatic N) is 2. The summed E-state index contributed by atoms with van der Waals surface area (Å²) in [6.45, 7) is 3.63. The molecule has 0 saturated heterocycles. The number of anilines is 1. The summed E-state index contributed by atoms with van der Waals surface area (Å²) in [5.74, 6) is 0.105. The van der Waals surface area contributed by atoms with Gasteiger partial charge in [0.25, 0.3) is 5.91 Å². The number of rotatable bonds is 6. The highest BCUT2D eigenvalue weighted by Gasteiger charge is 2.34. The minimum atomic E-state index is 0.105. The molecule has 0 atom stereocenters. The van der Waals surface area contributed by atoms with Crippen molar-refractivity contribution in [2.24, 2.45) is 0 Å². The highest BCUT2D eigenvalue weighted by Crippen LogP contribution is 2.30. The third-order valence-corrected chi connectivity index (χ3v) is 4.51. The average molecular weight is 303 g/mol. The highest BCUT2D eigenvalue weighted by atomic mass is 32.1. The second-order valence-electron chi connectivity index (χ2n) is 5.65. The molecule has 2 aromatic heterocycles. The van der Waals surface area contributed by atoms with Gasteiger partial charge >= 0.3 is 0 Å². The van der Waals surface area contributed by atoms with Crippen molar-refractivity contribution in [2.75, 3.05) is 5.73 Å². The highest BCUT2D eigenvalue weighted by molar-refractivity contribution is 7.07. The summed E-state index contributed by atoms with van der Waals surface area (Å²) < 4.78 is 1.99. The second-order valence-corrected chi connectivity index (χ2v) is 6.43. The van der Waals surface area contributed by atoms with Gasteiger partial charge in [0.1, 0.15) is 5.69 Å². The van der Waals surface area contributed by atoms with E-state index in [4.69, 9.17) is 5.73 Å². The Kier molecular flexibility index (Phi) is 4.01. The molecule has 1 fully saturated rings. The lowest BCUT2D eigenvalue weighted by Gasteiger charge is -2.22. The van der Waals surface area contributed by atoms with Crippen molar-refractivity contribution in [3.05, 3.63) is 40.3 Å². The Morgan fingerprint density at radius 1 is 1.52 bits per heavy atom. The summed E-state index contributed by atoms with van der Waals surface area (Å²) in [6.07, 6.45) is 5.08. The van der Waals surface area contributed by atoms with Crippen molar-refractivity contribution in [1.82, 2.24) is 9.47 Å². The van der Waals surface area contributed by atoms with Crippen LogP contribution in [0.25, 0.3) is 0 Å². The number of carbonyl (C=O) groups is 1. The van der Waals surface area contributed by atoms with Crippen LogP contribution in [0.1, 0.15) is 42.2 Å². The van der Waals surface area contributed by atoms with Crippen LogP contribution in [0.2, 0.25) is 0 Å². The first kappa shape index (κ1) is 14.2. The van der Waals surface area contributed by atoms with Gasteiger partial charge in [-0.2, -0.15) is 11.3 Å². The molecule has 1 aliphatic rings. The quantitative estimate of drug-likeness (QED) is 0.889. The minimum absolute atomic E-state index is 0.105. The third-order valence-electron chi connectivity index (χ3n) is 3.78. The molecule has 2 heterocycles. The average Bonchev–Trinajstić information content (AvgIpc) is 3.04. The maximum absolute atomic E-state index is 12.9. The standard InChI is InChI=1S/C16H21N3OS/c1-2-6-18-10-13(17)8-15(18)16(20)19(14-3-4-14)9-12-5-7-21-11-12/h5,7-8,10-11,14H,2-4,6,9,17H2,1H3. The zero-order chi connectivity index (χ0) is 14.8. The van der Waals surface area contributed by atoms with Crippen LogP contribution in [-0.2, 0) is 13.1 Å². The van der Waals surface area contributed by atoms with Crippen molar-refractivity contribution >= 4 is 22.9 Å². The molecule has 0 bridgehead atoms. The molecule has 1 amide bonds. The predicted octanol–water partition coefficient (Wildman–Crippen LogP) is 3.35. The number of amides is 1. The number of nitrogens with two attached hydrogens (primary N) is 1. The minimum Gasteiger partial charge on any atom is -0.397 e. The van der Waals surface area contributed by atoms with Gasteiger partial charge < -0.3 is 15.2 Å². The first-order chi connectivity index (χ1) is 10.2. The molecule has 5 heteroatoms. The largest absolute Gasteiger partial charge is 0.397 e. The molecule has 1 saturated carbocycles. The number of thiophene rings is 1. The molecule has 2 aromatic rings. The van der Waals surface area contributed by atoms with E-state index in [-0.39, 0.29) is 5.91 Å². The third kappa shape index (κ3) is 3.13. The van der Waals surface area contributed by atoms with E-state index in [0.29, 0.717) is 18.3 Å². The van der Waals surface area contributed by atoms with Crippen LogP contribution in [0, 0.1) is 0 Å². The molecular formula is C16H21N3OS. The molecule has 2 N–H and O–H groups in total. The van der Waals surface area contributed by atoms with Gasteiger partial charge in [-0.15, -0.1) is 0 Å². The molecule has 1 aliphatic carbocycles. The topological polar surface area (TPSA) is 51.3 Å².